The predicted molar refractivity (Wildman–Crippen MR) is 76.4 cm³/mol. The Labute approximate surface area is 126 Å². The summed E-state index contributed by atoms with van der Waals surface area (Å²) in [6.45, 7) is 7.73. The van der Waals surface area contributed by atoms with Crippen molar-refractivity contribution in [2.75, 3.05) is 0 Å². The molecule has 20 heavy (non-hydrogen) atoms. The molecular weight excluding hydrogens is 330 g/mol. The van der Waals surface area contributed by atoms with Crippen LogP contribution in [0.15, 0.2) is 16.6 Å². The summed E-state index contributed by atoms with van der Waals surface area (Å²) in [5, 5.41) is 10.6. The molecule has 1 N–H and O–H groups in total. The molecule has 5 heteroatoms. The summed E-state index contributed by atoms with van der Waals surface area (Å²) in [5.74, 6) is -2.11. The number of halogens is 3. The minimum Gasteiger partial charge on any atom is -0.388 e. The van der Waals surface area contributed by atoms with Crippen LogP contribution in [0.1, 0.15) is 45.8 Å². The van der Waals surface area contributed by atoms with Crippen molar-refractivity contribution in [1.29, 1.82) is 0 Å². The third kappa shape index (κ3) is 2.76. The van der Waals surface area contributed by atoms with Gasteiger partial charge in [0.15, 0.2) is 11.6 Å². The van der Waals surface area contributed by atoms with Crippen molar-refractivity contribution in [2.45, 2.75) is 51.4 Å². The standard InChI is InChI=1S/C15H19BrF2O2/c1-14(2)7-9(15(3,4)20-14)13(19)8-5-6-10(17)12(18)11(8)16/h5-6,9,13,19H,7H2,1-4H3. The molecule has 1 aromatic carbocycles. The van der Waals surface area contributed by atoms with Gasteiger partial charge in [-0.1, -0.05) is 6.07 Å². The second-order valence-electron chi connectivity index (χ2n) is 6.49. The molecule has 2 nitrogen and oxygen atoms in total. The van der Waals surface area contributed by atoms with Crippen molar-refractivity contribution in [2.24, 2.45) is 5.92 Å². The van der Waals surface area contributed by atoms with Gasteiger partial charge in [0.05, 0.1) is 21.8 Å². The number of rotatable bonds is 2. The number of ether oxygens (including phenoxy) is 1. The Bertz CT molecular complexity index is 529. The quantitative estimate of drug-likeness (QED) is 0.805. The van der Waals surface area contributed by atoms with Crippen molar-refractivity contribution < 1.29 is 18.6 Å². The van der Waals surface area contributed by atoms with Crippen LogP contribution in [0, 0.1) is 17.6 Å². The molecule has 1 aromatic rings. The molecule has 0 saturated carbocycles. The van der Waals surface area contributed by atoms with Gasteiger partial charge in [-0.05, 0) is 61.7 Å². The summed E-state index contributed by atoms with van der Waals surface area (Å²) in [7, 11) is 0. The summed E-state index contributed by atoms with van der Waals surface area (Å²) in [4.78, 5) is 0. The van der Waals surface area contributed by atoms with Gasteiger partial charge in [-0.15, -0.1) is 0 Å². The Morgan fingerprint density at radius 1 is 1.30 bits per heavy atom. The maximum absolute atomic E-state index is 13.6. The number of hydrogen-bond acceptors (Lipinski definition) is 2. The van der Waals surface area contributed by atoms with E-state index in [2.05, 4.69) is 15.9 Å². The molecule has 0 bridgehead atoms. The Balaban J connectivity index is 2.37. The van der Waals surface area contributed by atoms with E-state index in [4.69, 9.17) is 4.74 Å². The molecule has 1 fully saturated rings. The smallest absolute Gasteiger partial charge is 0.173 e. The van der Waals surface area contributed by atoms with Gasteiger partial charge < -0.3 is 9.84 Å². The Kier molecular flexibility index (Phi) is 4.00. The lowest BCUT2D eigenvalue weighted by Crippen LogP contribution is -2.32. The van der Waals surface area contributed by atoms with Crippen molar-refractivity contribution in [3.05, 3.63) is 33.8 Å². The Morgan fingerprint density at radius 2 is 1.90 bits per heavy atom. The minimum absolute atomic E-state index is 0.0227. The first kappa shape index (κ1) is 15.9. The summed E-state index contributed by atoms with van der Waals surface area (Å²) in [5.41, 5.74) is -0.531. The molecule has 0 amide bonds. The molecule has 1 aliphatic rings. The fourth-order valence-electron chi connectivity index (χ4n) is 3.08. The van der Waals surface area contributed by atoms with Crippen LogP contribution in [0.3, 0.4) is 0 Å². The number of aliphatic hydroxyl groups is 1. The van der Waals surface area contributed by atoms with E-state index < -0.39 is 23.3 Å². The molecular formula is C15H19BrF2O2. The van der Waals surface area contributed by atoms with Gasteiger partial charge in [-0.2, -0.15) is 0 Å². The van der Waals surface area contributed by atoms with Crippen molar-refractivity contribution in [1.82, 2.24) is 0 Å². The van der Waals surface area contributed by atoms with E-state index in [1.807, 2.05) is 27.7 Å². The highest BCUT2D eigenvalue weighted by atomic mass is 79.9. The van der Waals surface area contributed by atoms with Gasteiger partial charge in [-0.25, -0.2) is 8.78 Å². The number of aliphatic hydroxyl groups excluding tert-OH is 1. The fraction of sp³-hybridized carbons (Fsp3) is 0.600. The Hall–Kier alpha value is -0.520. The lowest BCUT2D eigenvalue weighted by atomic mass is 9.80. The topological polar surface area (TPSA) is 29.5 Å². The van der Waals surface area contributed by atoms with E-state index >= 15 is 0 Å². The largest absolute Gasteiger partial charge is 0.388 e. The highest BCUT2D eigenvalue weighted by Gasteiger charge is 2.49. The van der Waals surface area contributed by atoms with Gasteiger partial charge in [0.2, 0.25) is 0 Å². The van der Waals surface area contributed by atoms with Gasteiger partial charge in [0, 0.05) is 5.92 Å². The van der Waals surface area contributed by atoms with Gasteiger partial charge in [-0.3, -0.25) is 0 Å². The van der Waals surface area contributed by atoms with Crippen molar-refractivity contribution in [3.63, 3.8) is 0 Å². The lowest BCUT2D eigenvalue weighted by Gasteiger charge is -2.30. The first-order valence-electron chi connectivity index (χ1n) is 6.57. The highest BCUT2D eigenvalue weighted by molar-refractivity contribution is 9.10. The van der Waals surface area contributed by atoms with E-state index in [1.54, 1.807) is 0 Å². The van der Waals surface area contributed by atoms with Crippen LogP contribution in [0.4, 0.5) is 8.78 Å². The van der Waals surface area contributed by atoms with Crippen LogP contribution in [0.2, 0.25) is 0 Å². The zero-order valence-electron chi connectivity index (χ0n) is 12.0. The minimum atomic E-state index is -0.975. The first-order valence-corrected chi connectivity index (χ1v) is 7.36. The van der Waals surface area contributed by atoms with Crippen LogP contribution in [-0.4, -0.2) is 16.3 Å². The van der Waals surface area contributed by atoms with Gasteiger partial charge >= 0.3 is 0 Å². The van der Waals surface area contributed by atoms with Crippen molar-refractivity contribution in [3.8, 4) is 0 Å². The van der Waals surface area contributed by atoms with Crippen LogP contribution >= 0.6 is 15.9 Å². The molecule has 0 aromatic heterocycles. The van der Waals surface area contributed by atoms with E-state index in [0.717, 1.165) is 6.07 Å². The molecule has 0 radical (unpaired) electrons. The zero-order valence-corrected chi connectivity index (χ0v) is 13.6. The summed E-state index contributed by atoms with van der Waals surface area (Å²) < 4.78 is 32.7. The molecule has 112 valence electrons. The summed E-state index contributed by atoms with van der Waals surface area (Å²) in [6.07, 6.45) is -0.275. The highest BCUT2D eigenvalue weighted by Crippen LogP contribution is 2.48. The zero-order chi connectivity index (χ0) is 15.3. The number of hydrogen-bond donors (Lipinski definition) is 1. The van der Waals surface area contributed by atoms with Crippen LogP contribution in [0.25, 0.3) is 0 Å². The second-order valence-corrected chi connectivity index (χ2v) is 7.28. The lowest BCUT2D eigenvalue weighted by molar-refractivity contribution is -0.0881. The third-order valence-electron chi connectivity index (χ3n) is 3.91. The maximum Gasteiger partial charge on any atom is 0.173 e. The summed E-state index contributed by atoms with van der Waals surface area (Å²) in [6, 6.07) is 2.45. The third-order valence-corrected chi connectivity index (χ3v) is 4.71. The SMILES string of the molecule is CC1(C)CC(C(O)c2ccc(F)c(F)c2Br)C(C)(C)O1. The fourth-order valence-corrected chi connectivity index (χ4v) is 3.64. The molecule has 0 aliphatic carbocycles. The van der Waals surface area contributed by atoms with Gasteiger partial charge in [0.1, 0.15) is 0 Å². The van der Waals surface area contributed by atoms with Crippen LogP contribution < -0.4 is 0 Å². The number of benzene rings is 1. The average Bonchev–Trinajstić information content (AvgIpc) is 2.54. The average molecular weight is 349 g/mol. The van der Waals surface area contributed by atoms with Crippen molar-refractivity contribution >= 4 is 15.9 Å². The molecule has 2 atom stereocenters. The van der Waals surface area contributed by atoms with E-state index in [-0.39, 0.29) is 16.0 Å². The predicted octanol–water partition coefficient (Wildman–Crippen LogP) is 4.35. The monoisotopic (exact) mass is 348 g/mol. The Morgan fingerprint density at radius 3 is 2.40 bits per heavy atom. The van der Waals surface area contributed by atoms with Crippen LogP contribution in [0.5, 0.6) is 0 Å². The molecule has 0 spiro atoms. The molecule has 1 aliphatic heterocycles. The second kappa shape index (κ2) is 5.04. The molecule has 2 unspecified atom stereocenters. The summed E-state index contributed by atoms with van der Waals surface area (Å²) >= 11 is 3.03. The van der Waals surface area contributed by atoms with E-state index in [1.165, 1.54) is 6.07 Å². The van der Waals surface area contributed by atoms with Crippen LogP contribution in [-0.2, 0) is 4.74 Å². The molecule has 1 saturated heterocycles. The van der Waals surface area contributed by atoms with E-state index in [9.17, 15) is 13.9 Å². The molecule has 2 rings (SSSR count). The molecule has 1 heterocycles. The maximum atomic E-state index is 13.6. The van der Waals surface area contributed by atoms with Gasteiger partial charge in [0.25, 0.3) is 0 Å². The van der Waals surface area contributed by atoms with E-state index in [0.29, 0.717) is 12.0 Å². The first-order chi connectivity index (χ1) is 9.05. The normalized spacial score (nSPS) is 25.7.